The Hall–Kier alpha value is -0.896. The van der Waals surface area contributed by atoms with Crippen LogP contribution >= 0.6 is 18.6 Å². The number of fused-ring (bicyclic) bond motifs is 1. The SMILES string of the molecule is [CH2-]c1cc(N(C)C)ccc1C(C)(C)CC1C(C)=Cc2ccccc21.[Cl][Ti][Cl].[NH2-]. The fourth-order valence-electron chi connectivity index (χ4n) is 3.96. The number of halogens is 2. The molecule has 0 radical (unpaired) electrons. The molecule has 2 aromatic carbocycles. The quantitative estimate of drug-likeness (QED) is 0.343. The second kappa shape index (κ2) is 10.8. The molecule has 0 heterocycles. The number of hydrogen-bond acceptors (Lipinski definition) is 1. The normalized spacial score (nSPS) is 14.8. The third-order valence-corrected chi connectivity index (χ3v) is 5.35. The van der Waals surface area contributed by atoms with Gasteiger partial charge in [-0.05, 0) is 30.2 Å². The molecule has 3 rings (SSSR count). The Kier molecular flexibility index (Phi) is 9.66. The van der Waals surface area contributed by atoms with E-state index in [-0.39, 0.29) is 11.6 Å². The minimum atomic E-state index is -0.556. The molecule has 0 aliphatic heterocycles. The molecule has 0 spiro atoms. The van der Waals surface area contributed by atoms with Crippen LogP contribution in [0.2, 0.25) is 0 Å². The zero-order chi connectivity index (χ0) is 20.2. The van der Waals surface area contributed by atoms with Crippen LogP contribution in [-0.2, 0) is 22.4 Å². The van der Waals surface area contributed by atoms with E-state index in [0.29, 0.717) is 5.92 Å². The standard InChI is InChI=1S/C23H28N.2ClH.H2N.Ti/c1-16-13-18-9-7-8-10-20(18)21(16)15-23(3,4)22-12-11-19(24(5)6)14-17(22)2;;;;/h7-14,21H,2,15H2,1,3-6H3;2*1H;1H2;/q-1;;;-1;+2/p-2. The summed E-state index contributed by atoms with van der Waals surface area (Å²) in [6.07, 6.45) is 3.45. The first-order valence-corrected chi connectivity index (χ1v) is 13.4. The maximum atomic E-state index is 4.89. The van der Waals surface area contributed by atoms with E-state index in [4.69, 9.17) is 18.6 Å². The summed E-state index contributed by atoms with van der Waals surface area (Å²) in [5.41, 5.74) is 8.11. The topological polar surface area (TPSA) is 36.7 Å². The average Bonchev–Trinajstić information content (AvgIpc) is 2.90. The first-order chi connectivity index (χ1) is 12.7. The van der Waals surface area contributed by atoms with Gasteiger partial charge in [-0.25, -0.2) is 0 Å². The predicted octanol–water partition coefficient (Wildman–Crippen LogP) is 7.90. The molecule has 5 heteroatoms. The van der Waals surface area contributed by atoms with Crippen molar-refractivity contribution in [3.63, 3.8) is 0 Å². The Labute approximate surface area is 187 Å². The van der Waals surface area contributed by atoms with E-state index >= 15 is 0 Å². The summed E-state index contributed by atoms with van der Waals surface area (Å²) in [6.45, 7) is 11.3. The number of nitrogens with two attached hydrogens (primary N) is 1. The number of rotatable bonds is 4. The molecule has 0 amide bonds. The van der Waals surface area contributed by atoms with Gasteiger partial charge >= 0.3 is 35.6 Å². The largest absolute Gasteiger partial charge is 0.693 e. The number of nitrogens with zero attached hydrogens (tertiary/aromatic N) is 1. The van der Waals surface area contributed by atoms with Gasteiger partial charge in [-0.15, -0.1) is 17.7 Å². The minimum absolute atomic E-state index is 0. The number of anilines is 1. The molecule has 1 aliphatic carbocycles. The van der Waals surface area contributed by atoms with Crippen molar-refractivity contribution in [2.75, 3.05) is 19.0 Å². The van der Waals surface area contributed by atoms with E-state index in [9.17, 15) is 0 Å². The molecule has 152 valence electrons. The summed E-state index contributed by atoms with van der Waals surface area (Å²) >= 11 is -0.556. The van der Waals surface area contributed by atoms with E-state index in [1.54, 1.807) is 0 Å². The van der Waals surface area contributed by atoms with Crippen molar-refractivity contribution in [3.8, 4) is 0 Å². The molecule has 1 unspecified atom stereocenters. The van der Waals surface area contributed by atoms with Gasteiger partial charge in [0.05, 0.1) is 0 Å². The fourth-order valence-corrected chi connectivity index (χ4v) is 3.96. The Bertz CT molecular complexity index is 816. The van der Waals surface area contributed by atoms with Gasteiger partial charge in [0, 0.05) is 20.0 Å². The van der Waals surface area contributed by atoms with E-state index in [1.807, 2.05) is 0 Å². The minimum Gasteiger partial charge on any atom is -0.693 e. The van der Waals surface area contributed by atoms with Crippen molar-refractivity contribution in [2.45, 2.75) is 38.5 Å². The molecule has 28 heavy (non-hydrogen) atoms. The van der Waals surface area contributed by atoms with Crippen LogP contribution in [-0.4, -0.2) is 14.1 Å². The van der Waals surface area contributed by atoms with Crippen LogP contribution in [0.4, 0.5) is 5.69 Å². The summed E-state index contributed by atoms with van der Waals surface area (Å²) in [5, 5.41) is 0. The maximum Gasteiger partial charge on any atom is -0.693 e. The molecule has 0 fully saturated rings. The zero-order valence-corrected chi connectivity index (χ0v) is 20.5. The Balaban J connectivity index is 0.000000921. The summed E-state index contributed by atoms with van der Waals surface area (Å²) in [4.78, 5) is 2.13. The van der Waals surface area contributed by atoms with Crippen molar-refractivity contribution in [3.05, 3.63) is 83.4 Å². The second-order valence-electron chi connectivity index (χ2n) is 7.97. The molecular weight excluding hydrogens is 423 g/mol. The first-order valence-electron chi connectivity index (χ1n) is 9.08. The van der Waals surface area contributed by atoms with Crippen molar-refractivity contribution >= 4 is 30.4 Å². The molecule has 2 aromatic rings. The predicted molar refractivity (Wildman–Crippen MR) is 123 cm³/mol. The van der Waals surface area contributed by atoms with Gasteiger partial charge in [-0.2, -0.15) is 12.5 Å². The van der Waals surface area contributed by atoms with Gasteiger partial charge in [0.25, 0.3) is 0 Å². The zero-order valence-electron chi connectivity index (χ0n) is 17.4. The van der Waals surface area contributed by atoms with Gasteiger partial charge in [-0.1, -0.05) is 61.2 Å². The smallest absolute Gasteiger partial charge is 0.693 e. The van der Waals surface area contributed by atoms with Gasteiger partial charge in [0.15, 0.2) is 0 Å². The van der Waals surface area contributed by atoms with Crippen LogP contribution in [0, 0.1) is 6.92 Å². The molecular formula is C23H30Cl2N2Ti-2. The molecule has 1 aliphatic rings. The number of allylic oxidation sites excluding steroid dienone is 1. The van der Waals surface area contributed by atoms with E-state index in [2.05, 4.69) is 95.2 Å². The Morgan fingerprint density at radius 2 is 1.71 bits per heavy atom. The van der Waals surface area contributed by atoms with Crippen molar-refractivity contribution in [2.24, 2.45) is 0 Å². The molecule has 0 bridgehead atoms. The van der Waals surface area contributed by atoms with Gasteiger partial charge in [0.1, 0.15) is 0 Å². The fraction of sp³-hybridized carbons (Fsp3) is 0.348. The summed E-state index contributed by atoms with van der Waals surface area (Å²) in [6, 6.07) is 15.5. The van der Waals surface area contributed by atoms with Gasteiger partial charge < -0.3 is 11.1 Å². The molecule has 1 atom stereocenters. The van der Waals surface area contributed by atoms with Crippen LogP contribution in [0.5, 0.6) is 0 Å². The molecule has 2 nitrogen and oxygen atoms in total. The third-order valence-electron chi connectivity index (χ3n) is 5.35. The summed E-state index contributed by atoms with van der Waals surface area (Å²) < 4.78 is 0. The number of hydrogen-bond donors (Lipinski definition) is 0. The summed E-state index contributed by atoms with van der Waals surface area (Å²) in [7, 11) is 13.9. The Morgan fingerprint density at radius 3 is 2.29 bits per heavy atom. The van der Waals surface area contributed by atoms with Gasteiger partial charge in [-0.3, -0.25) is 0 Å². The maximum absolute atomic E-state index is 4.89. The van der Waals surface area contributed by atoms with E-state index in [0.717, 1.165) is 12.0 Å². The molecule has 2 N–H and O–H groups in total. The first kappa shape index (κ1) is 25.1. The van der Waals surface area contributed by atoms with E-state index < -0.39 is 17.0 Å². The van der Waals surface area contributed by atoms with Crippen LogP contribution in [0.3, 0.4) is 0 Å². The molecule has 0 saturated heterocycles. The van der Waals surface area contributed by atoms with Crippen LogP contribution < -0.4 is 4.90 Å². The van der Waals surface area contributed by atoms with Crippen LogP contribution in [0.1, 0.15) is 55.4 Å². The monoisotopic (exact) mass is 452 g/mol. The Morgan fingerprint density at radius 1 is 1.11 bits per heavy atom. The average molecular weight is 453 g/mol. The molecule has 0 saturated carbocycles. The van der Waals surface area contributed by atoms with Crippen LogP contribution in [0.25, 0.3) is 12.2 Å². The van der Waals surface area contributed by atoms with Crippen molar-refractivity contribution in [1.29, 1.82) is 0 Å². The number of benzene rings is 2. The van der Waals surface area contributed by atoms with E-state index in [1.165, 1.54) is 28.0 Å². The van der Waals surface area contributed by atoms with Crippen LogP contribution in [0.15, 0.2) is 48.0 Å². The van der Waals surface area contributed by atoms with Gasteiger partial charge in [0.2, 0.25) is 0 Å². The third kappa shape index (κ3) is 5.81. The van der Waals surface area contributed by atoms with Crippen molar-refractivity contribution < 1.29 is 17.0 Å². The second-order valence-corrected chi connectivity index (χ2v) is 10.5. The summed E-state index contributed by atoms with van der Waals surface area (Å²) in [5.74, 6) is 0.504. The molecule has 0 aromatic heterocycles. The van der Waals surface area contributed by atoms with Crippen molar-refractivity contribution in [1.82, 2.24) is 0 Å².